The van der Waals surface area contributed by atoms with Gasteiger partial charge in [-0.05, 0) is 60.3 Å². The number of methoxy groups -OCH3 is 1. The van der Waals surface area contributed by atoms with Crippen molar-refractivity contribution < 1.29 is 28.3 Å². The van der Waals surface area contributed by atoms with E-state index in [2.05, 4.69) is 0 Å². The van der Waals surface area contributed by atoms with E-state index in [9.17, 15) is 14.4 Å². The van der Waals surface area contributed by atoms with Crippen molar-refractivity contribution in [1.29, 1.82) is 0 Å². The highest BCUT2D eigenvalue weighted by molar-refractivity contribution is 8.18. The summed E-state index contributed by atoms with van der Waals surface area (Å²) in [7, 11) is 1.32. The minimum Gasteiger partial charge on any atom is -0.492 e. The lowest BCUT2D eigenvalue weighted by atomic mass is 10.1. The zero-order valence-corrected chi connectivity index (χ0v) is 19.0. The van der Waals surface area contributed by atoms with Crippen LogP contribution in [0.25, 0.3) is 17.4 Å². The highest BCUT2D eigenvalue weighted by Crippen LogP contribution is 2.33. The molecule has 9 heteroatoms. The quantitative estimate of drug-likeness (QED) is 0.324. The molecule has 0 saturated carbocycles. The van der Waals surface area contributed by atoms with Gasteiger partial charge in [0.2, 0.25) is 0 Å². The molecule has 2 aromatic carbocycles. The van der Waals surface area contributed by atoms with Crippen LogP contribution in [0.1, 0.15) is 16.1 Å². The zero-order valence-electron chi connectivity index (χ0n) is 17.4. The Labute approximate surface area is 198 Å². The third-order valence-corrected chi connectivity index (χ3v) is 5.92. The fourth-order valence-electron chi connectivity index (χ4n) is 3.08. The standard InChI is InChI=1S/C24H18ClNO6S/c1-30-23(28)16-4-2-15(3-5-16)20-11-10-19(32-20)14-21-22(27)26(24(29)33-21)12-13-31-18-8-6-17(25)7-9-18/h2-11,14H,12-13H2,1H3/b21-14-. The number of imide groups is 1. The molecular weight excluding hydrogens is 466 g/mol. The van der Waals surface area contributed by atoms with Crippen molar-refractivity contribution >= 4 is 46.6 Å². The van der Waals surface area contributed by atoms with Gasteiger partial charge in [0, 0.05) is 16.7 Å². The third kappa shape index (κ3) is 5.30. The van der Waals surface area contributed by atoms with E-state index in [1.165, 1.54) is 13.2 Å². The second kappa shape index (κ2) is 9.97. The van der Waals surface area contributed by atoms with Crippen LogP contribution in [0.4, 0.5) is 4.79 Å². The number of hydrogen-bond donors (Lipinski definition) is 0. The molecule has 4 rings (SSSR count). The van der Waals surface area contributed by atoms with Crippen molar-refractivity contribution in [3.05, 3.63) is 81.9 Å². The first kappa shape index (κ1) is 22.7. The summed E-state index contributed by atoms with van der Waals surface area (Å²) in [5, 5.41) is 0.230. The van der Waals surface area contributed by atoms with E-state index in [-0.39, 0.29) is 23.3 Å². The first-order valence-electron chi connectivity index (χ1n) is 9.87. The van der Waals surface area contributed by atoms with Crippen molar-refractivity contribution in [2.24, 2.45) is 0 Å². The Balaban J connectivity index is 1.39. The van der Waals surface area contributed by atoms with E-state index >= 15 is 0 Å². The van der Waals surface area contributed by atoms with Gasteiger partial charge in [-0.25, -0.2) is 4.79 Å². The highest BCUT2D eigenvalue weighted by Gasteiger charge is 2.35. The molecule has 0 spiro atoms. The lowest BCUT2D eigenvalue weighted by Crippen LogP contribution is -2.32. The molecule has 1 saturated heterocycles. The number of ether oxygens (including phenoxy) is 2. The van der Waals surface area contributed by atoms with Crippen LogP contribution in [-0.4, -0.2) is 42.3 Å². The van der Waals surface area contributed by atoms with Gasteiger partial charge in [0.1, 0.15) is 23.9 Å². The number of nitrogens with zero attached hydrogens (tertiary/aromatic N) is 1. The molecule has 0 atom stereocenters. The van der Waals surface area contributed by atoms with Crippen LogP contribution < -0.4 is 4.74 Å². The molecule has 7 nitrogen and oxygen atoms in total. The van der Waals surface area contributed by atoms with Gasteiger partial charge in [0.05, 0.1) is 24.1 Å². The van der Waals surface area contributed by atoms with Crippen molar-refractivity contribution in [1.82, 2.24) is 4.90 Å². The molecule has 0 N–H and O–H groups in total. The molecule has 1 aliphatic heterocycles. The Morgan fingerprint density at radius 3 is 2.48 bits per heavy atom. The van der Waals surface area contributed by atoms with Gasteiger partial charge in [0.15, 0.2) is 0 Å². The summed E-state index contributed by atoms with van der Waals surface area (Å²) in [6, 6.07) is 17.1. The summed E-state index contributed by atoms with van der Waals surface area (Å²) in [5.74, 6) is 0.781. The van der Waals surface area contributed by atoms with Crippen molar-refractivity contribution in [2.45, 2.75) is 0 Å². The van der Waals surface area contributed by atoms with Crippen LogP contribution in [0.3, 0.4) is 0 Å². The van der Waals surface area contributed by atoms with Crippen LogP contribution in [0.15, 0.2) is 70.0 Å². The SMILES string of the molecule is COC(=O)c1ccc(-c2ccc(/C=C3\SC(=O)N(CCOc4ccc(Cl)cc4)C3=O)o2)cc1. The second-order valence-electron chi connectivity index (χ2n) is 6.91. The maximum absolute atomic E-state index is 12.7. The molecule has 0 aliphatic carbocycles. The molecule has 3 aromatic rings. The van der Waals surface area contributed by atoms with Crippen LogP contribution in [0.5, 0.6) is 5.75 Å². The van der Waals surface area contributed by atoms with Crippen LogP contribution in [-0.2, 0) is 9.53 Å². The fraction of sp³-hybridized carbons (Fsp3) is 0.125. The lowest BCUT2D eigenvalue weighted by molar-refractivity contribution is -0.123. The maximum Gasteiger partial charge on any atom is 0.337 e. The number of carbonyl (C=O) groups excluding carboxylic acids is 3. The Kier molecular flexibility index (Phi) is 6.86. The van der Waals surface area contributed by atoms with Gasteiger partial charge >= 0.3 is 5.97 Å². The Hall–Kier alpha value is -3.49. The minimum absolute atomic E-state index is 0.126. The van der Waals surface area contributed by atoms with E-state index < -0.39 is 11.9 Å². The minimum atomic E-state index is -0.420. The van der Waals surface area contributed by atoms with E-state index in [1.54, 1.807) is 60.7 Å². The van der Waals surface area contributed by atoms with E-state index in [1.807, 2.05) is 0 Å². The summed E-state index contributed by atoms with van der Waals surface area (Å²) < 4.78 is 16.1. The number of rotatable bonds is 7. The molecule has 0 bridgehead atoms. The van der Waals surface area contributed by atoms with Gasteiger partial charge in [-0.2, -0.15) is 0 Å². The Morgan fingerprint density at radius 1 is 1.06 bits per heavy atom. The highest BCUT2D eigenvalue weighted by atomic mass is 35.5. The Morgan fingerprint density at radius 2 is 1.79 bits per heavy atom. The van der Waals surface area contributed by atoms with Crippen molar-refractivity contribution in [3.8, 4) is 17.1 Å². The summed E-state index contributed by atoms with van der Waals surface area (Å²) in [4.78, 5) is 37.9. The lowest BCUT2D eigenvalue weighted by Gasteiger charge is -2.13. The van der Waals surface area contributed by atoms with E-state index in [4.69, 9.17) is 25.5 Å². The first-order valence-corrected chi connectivity index (χ1v) is 11.1. The van der Waals surface area contributed by atoms with Gasteiger partial charge in [0.25, 0.3) is 11.1 Å². The molecule has 2 amide bonds. The number of thioether (sulfide) groups is 1. The number of amides is 2. The molecular formula is C24H18ClNO6S. The van der Waals surface area contributed by atoms with Gasteiger partial charge < -0.3 is 13.9 Å². The van der Waals surface area contributed by atoms with Gasteiger partial charge in [-0.1, -0.05) is 23.7 Å². The Bertz CT molecular complexity index is 1220. The molecule has 1 aromatic heterocycles. The number of carbonyl (C=O) groups is 3. The summed E-state index contributed by atoms with van der Waals surface area (Å²) >= 11 is 6.69. The van der Waals surface area contributed by atoms with E-state index in [0.29, 0.717) is 27.9 Å². The predicted molar refractivity (Wildman–Crippen MR) is 125 cm³/mol. The van der Waals surface area contributed by atoms with Crippen molar-refractivity contribution in [3.63, 3.8) is 0 Å². The summed E-state index contributed by atoms with van der Waals surface area (Å²) in [6.07, 6.45) is 1.54. The number of halogens is 1. The predicted octanol–water partition coefficient (Wildman–Crippen LogP) is 5.50. The molecule has 0 radical (unpaired) electrons. The maximum atomic E-state index is 12.7. The van der Waals surface area contributed by atoms with Crippen LogP contribution in [0.2, 0.25) is 5.02 Å². The average molecular weight is 484 g/mol. The van der Waals surface area contributed by atoms with Crippen LogP contribution >= 0.6 is 23.4 Å². The first-order chi connectivity index (χ1) is 15.9. The number of benzene rings is 2. The number of hydrogen-bond acceptors (Lipinski definition) is 7. The smallest absolute Gasteiger partial charge is 0.337 e. The summed E-state index contributed by atoms with van der Waals surface area (Å²) in [6.45, 7) is 0.292. The number of furan rings is 1. The zero-order chi connectivity index (χ0) is 23.4. The molecule has 168 valence electrons. The normalized spacial score (nSPS) is 14.7. The second-order valence-corrected chi connectivity index (χ2v) is 8.34. The average Bonchev–Trinajstić information content (AvgIpc) is 3.40. The molecule has 0 unspecified atom stereocenters. The molecule has 2 heterocycles. The fourth-order valence-corrected chi connectivity index (χ4v) is 4.05. The van der Waals surface area contributed by atoms with Crippen LogP contribution in [0, 0.1) is 0 Å². The summed E-state index contributed by atoms with van der Waals surface area (Å²) in [5.41, 5.74) is 1.19. The topological polar surface area (TPSA) is 86.0 Å². The number of esters is 1. The van der Waals surface area contributed by atoms with Gasteiger partial charge in [-0.3, -0.25) is 14.5 Å². The monoisotopic (exact) mass is 483 g/mol. The molecule has 1 fully saturated rings. The van der Waals surface area contributed by atoms with Gasteiger partial charge in [-0.15, -0.1) is 0 Å². The molecule has 33 heavy (non-hydrogen) atoms. The molecule has 1 aliphatic rings. The largest absolute Gasteiger partial charge is 0.492 e. The van der Waals surface area contributed by atoms with E-state index in [0.717, 1.165) is 22.2 Å². The third-order valence-electron chi connectivity index (χ3n) is 4.76. The van der Waals surface area contributed by atoms with Crippen molar-refractivity contribution in [2.75, 3.05) is 20.3 Å².